The predicted octanol–water partition coefficient (Wildman–Crippen LogP) is 4.77. The average molecular weight is 401 g/mol. The molecule has 1 N–H and O–H groups in total. The van der Waals surface area contributed by atoms with Crippen LogP contribution in [-0.4, -0.2) is 35.9 Å². The van der Waals surface area contributed by atoms with Crippen molar-refractivity contribution in [2.24, 2.45) is 5.41 Å². The summed E-state index contributed by atoms with van der Waals surface area (Å²) in [5.41, 5.74) is 1.45. The molecule has 0 fully saturated rings. The van der Waals surface area contributed by atoms with Crippen LogP contribution in [0.15, 0.2) is 33.6 Å². The Morgan fingerprint density at radius 3 is 2.54 bits per heavy atom. The van der Waals surface area contributed by atoms with Gasteiger partial charge < -0.3 is 14.6 Å². The number of thioether (sulfide) groups is 1. The summed E-state index contributed by atoms with van der Waals surface area (Å²) in [6, 6.07) is 7.09. The van der Waals surface area contributed by atoms with E-state index in [1.54, 1.807) is 45.3 Å². The zero-order valence-electron chi connectivity index (χ0n) is 16.7. The van der Waals surface area contributed by atoms with Crippen LogP contribution in [0.3, 0.4) is 0 Å². The molecule has 0 atom stereocenters. The molecule has 2 amide bonds. The summed E-state index contributed by atoms with van der Waals surface area (Å²) in [4.78, 5) is 39.5. The van der Waals surface area contributed by atoms with Gasteiger partial charge in [0.15, 0.2) is 11.5 Å². The number of benzene rings is 1. The summed E-state index contributed by atoms with van der Waals surface area (Å²) >= 11 is 1.03. The number of fused-ring (bicyclic) bond motifs is 1. The van der Waals surface area contributed by atoms with Crippen LogP contribution in [0.5, 0.6) is 0 Å². The summed E-state index contributed by atoms with van der Waals surface area (Å²) in [5, 5.41) is 2.68. The van der Waals surface area contributed by atoms with Gasteiger partial charge in [0.1, 0.15) is 5.76 Å². The van der Waals surface area contributed by atoms with Crippen LogP contribution >= 0.6 is 11.8 Å². The van der Waals surface area contributed by atoms with Gasteiger partial charge in [0.25, 0.3) is 11.1 Å². The number of Topliss-reactive ketones (excluding diaryl/α,β-unsaturated/α-hetero) is 1. The van der Waals surface area contributed by atoms with Gasteiger partial charge in [-0.05, 0) is 36.2 Å². The molecule has 1 heterocycles. The summed E-state index contributed by atoms with van der Waals surface area (Å²) in [7, 11) is 3.34. The van der Waals surface area contributed by atoms with E-state index >= 15 is 0 Å². The molecule has 7 heteroatoms. The second-order valence-electron chi connectivity index (χ2n) is 8.01. The van der Waals surface area contributed by atoms with E-state index in [1.165, 1.54) is 4.90 Å². The topological polar surface area (TPSA) is 79.6 Å². The molecule has 6 nitrogen and oxygen atoms in total. The molecule has 0 aliphatic heterocycles. The van der Waals surface area contributed by atoms with E-state index in [0.717, 1.165) is 11.8 Å². The summed E-state index contributed by atoms with van der Waals surface area (Å²) in [6.45, 7) is 5.77. The highest BCUT2D eigenvalue weighted by Gasteiger charge is 2.37. The number of nitrogens with one attached hydrogen (secondary N) is 1. The first-order chi connectivity index (χ1) is 13.1. The molecule has 0 saturated heterocycles. The SMILES string of the molecule is Cc1c(C(=O)Nc2ccccc2SC(=O)N(C)C)oc2c1C(=O)CC(C)(C)C2. The van der Waals surface area contributed by atoms with Gasteiger partial charge in [-0.1, -0.05) is 26.0 Å². The third-order valence-corrected chi connectivity index (χ3v) is 5.80. The average Bonchev–Trinajstić information content (AvgIpc) is 2.91. The van der Waals surface area contributed by atoms with Crippen LogP contribution in [-0.2, 0) is 6.42 Å². The molecule has 1 aromatic carbocycles. The fraction of sp³-hybridized carbons (Fsp3) is 0.381. The van der Waals surface area contributed by atoms with E-state index < -0.39 is 5.91 Å². The number of carbonyl (C=O) groups is 3. The second-order valence-corrected chi connectivity index (χ2v) is 9.00. The van der Waals surface area contributed by atoms with Crippen LogP contribution in [0.2, 0.25) is 0 Å². The largest absolute Gasteiger partial charge is 0.455 e. The highest BCUT2D eigenvalue weighted by Crippen LogP contribution is 2.38. The second kappa shape index (κ2) is 7.47. The van der Waals surface area contributed by atoms with Crippen molar-refractivity contribution in [1.82, 2.24) is 4.90 Å². The Balaban J connectivity index is 1.88. The highest BCUT2D eigenvalue weighted by atomic mass is 32.2. The minimum absolute atomic E-state index is 0.0130. The number of rotatable bonds is 3. The first-order valence-electron chi connectivity index (χ1n) is 9.04. The normalized spacial score (nSPS) is 15.1. The number of hydrogen-bond donors (Lipinski definition) is 1. The lowest BCUT2D eigenvalue weighted by Gasteiger charge is -2.27. The van der Waals surface area contributed by atoms with Crippen LogP contribution < -0.4 is 5.32 Å². The molecule has 0 unspecified atom stereocenters. The van der Waals surface area contributed by atoms with E-state index in [4.69, 9.17) is 4.42 Å². The first kappa shape index (κ1) is 20.2. The number of anilines is 1. The number of carbonyl (C=O) groups excluding carboxylic acids is 3. The Hall–Kier alpha value is -2.54. The van der Waals surface area contributed by atoms with Gasteiger partial charge in [0.05, 0.1) is 11.3 Å². The lowest BCUT2D eigenvalue weighted by molar-refractivity contribution is 0.0898. The Morgan fingerprint density at radius 2 is 1.86 bits per heavy atom. The fourth-order valence-corrected chi connectivity index (χ4v) is 4.07. The number of ketones is 1. The van der Waals surface area contributed by atoms with Crippen LogP contribution in [0, 0.1) is 12.3 Å². The maximum Gasteiger partial charge on any atom is 0.291 e. The lowest BCUT2D eigenvalue weighted by Crippen LogP contribution is -2.26. The van der Waals surface area contributed by atoms with Crippen molar-refractivity contribution in [2.45, 2.75) is 38.5 Å². The molecule has 148 valence electrons. The number of para-hydroxylation sites is 1. The van der Waals surface area contributed by atoms with Crippen LogP contribution in [0.25, 0.3) is 0 Å². The standard InChI is InChI=1S/C21H24N2O4S/c1-12-17-14(24)10-21(2,3)11-15(17)27-18(12)19(25)22-13-8-6-7-9-16(13)28-20(26)23(4)5/h6-9H,10-11H2,1-5H3,(H,22,25). The van der Waals surface area contributed by atoms with E-state index in [9.17, 15) is 14.4 Å². The smallest absolute Gasteiger partial charge is 0.291 e. The molecule has 0 saturated carbocycles. The van der Waals surface area contributed by atoms with Crippen molar-refractivity contribution in [3.8, 4) is 0 Å². The summed E-state index contributed by atoms with van der Waals surface area (Å²) in [5.74, 6) is 0.311. The molecule has 1 aliphatic rings. The molecule has 0 radical (unpaired) electrons. The van der Waals surface area contributed by atoms with Gasteiger partial charge in [-0.15, -0.1) is 0 Å². The van der Waals surface area contributed by atoms with Crippen molar-refractivity contribution >= 4 is 34.4 Å². The molecule has 28 heavy (non-hydrogen) atoms. The van der Waals surface area contributed by atoms with Gasteiger partial charge in [-0.25, -0.2) is 0 Å². The van der Waals surface area contributed by atoms with E-state index in [1.807, 2.05) is 13.8 Å². The Kier molecular flexibility index (Phi) is 5.39. The van der Waals surface area contributed by atoms with Crippen LogP contribution in [0.4, 0.5) is 10.5 Å². The number of furan rings is 1. The molecule has 0 spiro atoms. The monoisotopic (exact) mass is 400 g/mol. The predicted molar refractivity (Wildman–Crippen MR) is 109 cm³/mol. The molecular formula is C21H24N2O4S. The summed E-state index contributed by atoms with van der Waals surface area (Å²) < 4.78 is 5.82. The highest BCUT2D eigenvalue weighted by molar-refractivity contribution is 8.13. The molecular weight excluding hydrogens is 376 g/mol. The van der Waals surface area contributed by atoms with Crippen molar-refractivity contribution in [1.29, 1.82) is 0 Å². The van der Waals surface area contributed by atoms with Crippen molar-refractivity contribution < 1.29 is 18.8 Å². The van der Waals surface area contributed by atoms with Gasteiger partial charge in [-0.3, -0.25) is 14.4 Å². The minimum atomic E-state index is -0.428. The molecule has 1 aromatic heterocycles. The maximum atomic E-state index is 12.9. The molecule has 1 aliphatic carbocycles. The Bertz CT molecular complexity index is 959. The number of amides is 2. The third-order valence-electron chi connectivity index (χ3n) is 4.68. The van der Waals surface area contributed by atoms with Crippen molar-refractivity contribution in [3.63, 3.8) is 0 Å². The Morgan fingerprint density at radius 1 is 1.18 bits per heavy atom. The van der Waals surface area contributed by atoms with Gasteiger partial charge >= 0.3 is 0 Å². The molecule has 3 rings (SSSR count). The van der Waals surface area contributed by atoms with E-state index in [0.29, 0.717) is 40.3 Å². The quantitative estimate of drug-likeness (QED) is 0.751. The summed E-state index contributed by atoms with van der Waals surface area (Å²) in [6.07, 6.45) is 1.06. The fourth-order valence-electron chi connectivity index (χ4n) is 3.32. The number of nitrogens with zero attached hydrogens (tertiary/aromatic N) is 1. The maximum absolute atomic E-state index is 12.9. The Labute approximate surface area is 168 Å². The van der Waals surface area contributed by atoms with Crippen molar-refractivity contribution in [2.75, 3.05) is 19.4 Å². The van der Waals surface area contributed by atoms with Gasteiger partial charge in [0.2, 0.25) is 0 Å². The first-order valence-corrected chi connectivity index (χ1v) is 9.85. The number of hydrogen-bond acceptors (Lipinski definition) is 5. The molecule has 0 bridgehead atoms. The van der Waals surface area contributed by atoms with Gasteiger partial charge in [-0.2, -0.15) is 0 Å². The molecule has 2 aromatic rings. The van der Waals surface area contributed by atoms with Gasteiger partial charge in [0, 0.05) is 37.4 Å². The van der Waals surface area contributed by atoms with Crippen molar-refractivity contribution in [3.05, 3.63) is 46.9 Å². The minimum Gasteiger partial charge on any atom is -0.455 e. The zero-order valence-corrected chi connectivity index (χ0v) is 17.5. The third kappa shape index (κ3) is 3.99. The van der Waals surface area contributed by atoms with E-state index in [2.05, 4.69) is 5.32 Å². The lowest BCUT2D eigenvalue weighted by atomic mass is 9.76. The van der Waals surface area contributed by atoms with E-state index in [-0.39, 0.29) is 22.2 Å². The zero-order chi connectivity index (χ0) is 20.6. The van der Waals surface area contributed by atoms with Crippen LogP contribution in [0.1, 0.15) is 52.5 Å².